The fourth-order valence-corrected chi connectivity index (χ4v) is 2.81. The van der Waals surface area contributed by atoms with E-state index < -0.39 is 0 Å². The molecule has 0 radical (unpaired) electrons. The Balaban J connectivity index is 0.00000161. The monoisotopic (exact) mass is 349 g/mol. The molecule has 0 spiro atoms. The molecular formula is C16H20BrN3O. The summed E-state index contributed by atoms with van der Waals surface area (Å²) in [6.07, 6.45) is 4.52. The number of nitrogens with one attached hydrogen (secondary N) is 1. The summed E-state index contributed by atoms with van der Waals surface area (Å²) in [7, 11) is 1.89. The normalized spacial score (nSPS) is 12.8. The van der Waals surface area contributed by atoms with Crippen molar-refractivity contribution in [1.82, 2.24) is 14.9 Å². The lowest BCUT2D eigenvalue weighted by Gasteiger charge is -2.11. The highest BCUT2D eigenvalue weighted by molar-refractivity contribution is 8.93. The maximum Gasteiger partial charge on any atom is 0.257 e. The lowest BCUT2D eigenvalue weighted by molar-refractivity contribution is 0.609. The quantitative estimate of drug-likeness (QED) is 0.923. The highest BCUT2D eigenvalue weighted by Crippen LogP contribution is 2.28. The van der Waals surface area contributed by atoms with Crippen LogP contribution in [0.2, 0.25) is 0 Å². The van der Waals surface area contributed by atoms with Gasteiger partial charge in [0.05, 0.1) is 12.0 Å². The van der Waals surface area contributed by atoms with E-state index >= 15 is 0 Å². The first kappa shape index (κ1) is 15.9. The number of halogens is 1. The summed E-state index contributed by atoms with van der Waals surface area (Å²) in [6, 6.07) is 8.28. The molecule has 2 aromatic rings. The Kier molecular flexibility index (Phi) is 5.31. The Morgan fingerprint density at radius 3 is 2.90 bits per heavy atom. The molecular weight excluding hydrogens is 330 g/mol. The third kappa shape index (κ3) is 3.09. The first-order chi connectivity index (χ1) is 9.81. The van der Waals surface area contributed by atoms with Gasteiger partial charge in [-0.15, -0.1) is 17.0 Å². The van der Waals surface area contributed by atoms with Crippen molar-refractivity contribution in [3.05, 3.63) is 52.1 Å². The van der Waals surface area contributed by atoms with Crippen LogP contribution in [0.1, 0.15) is 17.5 Å². The Morgan fingerprint density at radius 1 is 1.29 bits per heavy atom. The number of likely N-dealkylation sites (N-methyl/N-ethyl adjacent to an activating group) is 1. The minimum atomic E-state index is 0. The van der Waals surface area contributed by atoms with Gasteiger partial charge >= 0.3 is 0 Å². The molecule has 21 heavy (non-hydrogen) atoms. The molecule has 112 valence electrons. The Morgan fingerprint density at radius 2 is 2.10 bits per heavy atom. The van der Waals surface area contributed by atoms with Crippen molar-refractivity contribution in [3.8, 4) is 11.3 Å². The zero-order chi connectivity index (χ0) is 13.9. The summed E-state index contributed by atoms with van der Waals surface area (Å²) in [5, 5.41) is 3.06. The zero-order valence-electron chi connectivity index (χ0n) is 12.1. The molecule has 1 heterocycles. The molecule has 0 aliphatic heterocycles. The van der Waals surface area contributed by atoms with Crippen LogP contribution < -0.4 is 10.9 Å². The highest BCUT2D eigenvalue weighted by atomic mass is 79.9. The second-order valence-corrected chi connectivity index (χ2v) is 5.18. The largest absolute Gasteiger partial charge is 0.318 e. The van der Waals surface area contributed by atoms with Gasteiger partial charge in [-0.3, -0.25) is 9.36 Å². The average molecular weight is 350 g/mol. The van der Waals surface area contributed by atoms with Crippen LogP contribution in [0.3, 0.4) is 0 Å². The summed E-state index contributed by atoms with van der Waals surface area (Å²) in [5.74, 6) is 0. The molecule has 0 saturated heterocycles. The van der Waals surface area contributed by atoms with Gasteiger partial charge in [0.25, 0.3) is 5.56 Å². The maximum absolute atomic E-state index is 12.6. The van der Waals surface area contributed by atoms with Crippen LogP contribution in [-0.4, -0.2) is 23.1 Å². The SMILES string of the molecule is Br.CNCCn1cnc2c(c1=O)CCCc1ccccc1-2. The summed E-state index contributed by atoms with van der Waals surface area (Å²) in [4.78, 5) is 17.1. The summed E-state index contributed by atoms with van der Waals surface area (Å²) >= 11 is 0. The van der Waals surface area contributed by atoms with Crippen molar-refractivity contribution < 1.29 is 0 Å². The number of rotatable bonds is 3. The third-order valence-electron chi connectivity index (χ3n) is 3.88. The standard InChI is InChI=1S/C16H19N3O.BrH/c1-17-9-10-19-11-18-15-13-7-3-2-5-12(13)6-4-8-14(15)16(19)20;/h2-3,5,7,11,17H,4,6,8-10H2,1H3;1H. The molecule has 1 aliphatic rings. The van der Waals surface area contributed by atoms with Crippen LogP contribution in [0.15, 0.2) is 35.4 Å². The van der Waals surface area contributed by atoms with Crippen LogP contribution in [0.5, 0.6) is 0 Å². The van der Waals surface area contributed by atoms with Crippen LogP contribution in [0.25, 0.3) is 11.3 Å². The minimum absolute atomic E-state index is 0. The topological polar surface area (TPSA) is 46.9 Å². The molecule has 3 rings (SSSR count). The van der Waals surface area contributed by atoms with Crippen LogP contribution in [0, 0.1) is 0 Å². The molecule has 4 nitrogen and oxygen atoms in total. The molecule has 0 bridgehead atoms. The Labute approximate surface area is 135 Å². The van der Waals surface area contributed by atoms with E-state index in [2.05, 4.69) is 28.5 Å². The van der Waals surface area contributed by atoms with Crippen LogP contribution >= 0.6 is 17.0 Å². The Hall–Kier alpha value is -1.46. The van der Waals surface area contributed by atoms with Gasteiger partial charge < -0.3 is 5.32 Å². The molecule has 1 aromatic heterocycles. The van der Waals surface area contributed by atoms with Gasteiger partial charge in [0.2, 0.25) is 0 Å². The number of aromatic nitrogens is 2. The molecule has 0 unspecified atom stereocenters. The first-order valence-corrected chi connectivity index (χ1v) is 7.12. The van der Waals surface area contributed by atoms with E-state index in [4.69, 9.17) is 0 Å². The van der Waals surface area contributed by atoms with Crippen molar-refractivity contribution in [2.24, 2.45) is 0 Å². The predicted octanol–water partition coefficient (Wildman–Crippen LogP) is 2.20. The molecule has 1 aromatic carbocycles. The van der Waals surface area contributed by atoms with Crippen molar-refractivity contribution in [1.29, 1.82) is 0 Å². The minimum Gasteiger partial charge on any atom is -0.318 e. The molecule has 0 amide bonds. The Bertz CT molecular complexity index is 681. The fraction of sp³-hybridized carbons (Fsp3) is 0.375. The maximum atomic E-state index is 12.6. The summed E-state index contributed by atoms with van der Waals surface area (Å²) < 4.78 is 1.71. The first-order valence-electron chi connectivity index (χ1n) is 7.12. The van der Waals surface area contributed by atoms with Gasteiger partial charge in [0.1, 0.15) is 0 Å². The molecule has 1 aliphatic carbocycles. The predicted molar refractivity (Wildman–Crippen MR) is 90.2 cm³/mol. The van der Waals surface area contributed by atoms with E-state index in [1.54, 1.807) is 10.9 Å². The van der Waals surface area contributed by atoms with E-state index in [0.717, 1.165) is 42.6 Å². The lowest BCUT2D eigenvalue weighted by atomic mass is 10.0. The van der Waals surface area contributed by atoms with E-state index in [0.29, 0.717) is 6.54 Å². The molecule has 1 N–H and O–H groups in total. The van der Waals surface area contributed by atoms with E-state index in [9.17, 15) is 4.79 Å². The van der Waals surface area contributed by atoms with E-state index in [-0.39, 0.29) is 22.5 Å². The smallest absolute Gasteiger partial charge is 0.257 e. The van der Waals surface area contributed by atoms with Crippen LogP contribution in [-0.2, 0) is 19.4 Å². The second kappa shape index (κ2) is 7.00. The van der Waals surface area contributed by atoms with Crippen molar-refractivity contribution in [2.75, 3.05) is 13.6 Å². The number of hydrogen-bond acceptors (Lipinski definition) is 3. The molecule has 0 atom stereocenters. The van der Waals surface area contributed by atoms with Crippen molar-refractivity contribution in [3.63, 3.8) is 0 Å². The van der Waals surface area contributed by atoms with Crippen LogP contribution in [0.4, 0.5) is 0 Å². The molecule has 0 saturated carbocycles. The van der Waals surface area contributed by atoms with E-state index in [1.165, 1.54) is 5.56 Å². The fourth-order valence-electron chi connectivity index (χ4n) is 2.81. The summed E-state index contributed by atoms with van der Waals surface area (Å²) in [6.45, 7) is 1.44. The summed E-state index contributed by atoms with van der Waals surface area (Å²) in [5.41, 5.74) is 4.28. The van der Waals surface area contributed by atoms with Gasteiger partial charge in [0, 0.05) is 24.2 Å². The zero-order valence-corrected chi connectivity index (χ0v) is 13.8. The number of fused-ring (bicyclic) bond motifs is 3. The number of aryl methyl sites for hydroxylation is 1. The molecule has 0 fully saturated rings. The average Bonchev–Trinajstić information content (AvgIpc) is 2.67. The second-order valence-electron chi connectivity index (χ2n) is 5.18. The number of nitrogens with zero attached hydrogens (tertiary/aromatic N) is 2. The lowest BCUT2D eigenvalue weighted by Crippen LogP contribution is -2.28. The van der Waals surface area contributed by atoms with Gasteiger partial charge in [-0.1, -0.05) is 24.3 Å². The van der Waals surface area contributed by atoms with Crippen molar-refractivity contribution >= 4 is 17.0 Å². The van der Waals surface area contributed by atoms with Gasteiger partial charge in [0.15, 0.2) is 0 Å². The van der Waals surface area contributed by atoms with Gasteiger partial charge in [-0.2, -0.15) is 0 Å². The number of benzene rings is 1. The number of hydrogen-bond donors (Lipinski definition) is 1. The van der Waals surface area contributed by atoms with E-state index in [1.807, 2.05) is 13.1 Å². The third-order valence-corrected chi connectivity index (χ3v) is 3.88. The molecule has 5 heteroatoms. The highest BCUT2D eigenvalue weighted by Gasteiger charge is 2.18. The van der Waals surface area contributed by atoms with Crippen molar-refractivity contribution in [2.45, 2.75) is 25.8 Å². The van der Waals surface area contributed by atoms with Gasteiger partial charge in [-0.05, 0) is 31.9 Å². The van der Waals surface area contributed by atoms with Gasteiger partial charge in [-0.25, -0.2) is 4.98 Å².